The van der Waals surface area contributed by atoms with Crippen LogP contribution >= 0.6 is 0 Å². The van der Waals surface area contributed by atoms with Crippen LogP contribution < -0.4 is 61.6 Å². The molecule has 1 rings (SSSR count). The Morgan fingerprint density at radius 2 is 1.94 bits per heavy atom. The molecule has 0 saturated carbocycles. The van der Waals surface area contributed by atoms with Gasteiger partial charge in [-0.25, -0.2) is 9.78 Å². The van der Waals surface area contributed by atoms with E-state index >= 15 is 0 Å². The molecule has 9 heteroatoms. The zero-order chi connectivity index (χ0) is 12.3. The van der Waals surface area contributed by atoms with Crippen molar-refractivity contribution in [2.24, 2.45) is 0 Å². The van der Waals surface area contributed by atoms with Crippen molar-refractivity contribution in [1.29, 1.82) is 0 Å². The van der Waals surface area contributed by atoms with Gasteiger partial charge in [0.05, 0.1) is 14.2 Å². The minimum absolute atomic E-state index is 0. The molecule has 0 unspecified atom stereocenters. The first kappa shape index (κ1) is 16.9. The van der Waals surface area contributed by atoms with Crippen molar-refractivity contribution in [1.82, 2.24) is 4.98 Å². The number of hydrogen-bond donors (Lipinski definition) is 0. The molecule has 0 amide bonds. The topological polar surface area (TPSA) is 48.4 Å². The van der Waals surface area contributed by atoms with Gasteiger partial charge in [-0.15, -0.1) is 0 Å². The van der Waals surface area contributed by atoms with Gasteiger partial charge in [0.2, 0.25) is 5.88 Å². The summed E-state index contributed by atoms with van der Waals surface area (Å²) in [4.78, 5) is 14.6. The van der Waals surface area contributed by atoms with Gasteiger partial charge in [-0.05, 0) is 0 Å². The van der Waals surface area contributed by atoms with E-state index in [0.29, 0.717) is 12.3 Å². The van der Waals surface area contributed by atoms with Crippen LogP contribution in [0.3, 0.4) is 0 Å². The van der Waals surface area contributed by atoms with E-state index in [0.717, 1.165) is 7.11 Å². The average Bonchev–Trinajstić information content (AvgIpc) is 2.25. The third kappa shape index (κ3) is 4.25. The molecule has 0 spiro atoms. The number of pyridine rings is 1. The molecule has 0 aromatic carbocycles. The predicted octanol–water partition coefficient (Wildman–Crippen LogP) is -2.06. The van der Waals surface area contributed by atoms with Crippen molar-refractivity contribution in [3.8, 4) is 5.88 Å². The zero-order valence-corrected chi connectivity index (χ0v) is 12.7. The smallest absolute Gasteiger partial charge is 0.480 e. The second-order valence-electron chi connectivity index (χ2n) is 2.89. The van der Waals surface area contributed by atoms with Gasteiger partial charge in [0, 0.05) is 6.20 Å². The van der Waals surface area contributed by atoms with E-state index in [9.17, 15) is 17.7 Å². The molecule has 0 saturated heterocycles. The number of halogens is 3. The minimum atomic E-state index is -5.21. The Bertz CT molecular complexity index is 413. The molecule has 0 aliphatic heterocycles. The number of rotatable bonds is 3. The number of nitrogens with zero attached hydrogens (tertiary/aromatic N) is 1. The molecule has 1 aromatic rings. The molecule has 1 heterocycles. The Kier molecular flexibility index (Phi) is 6.70. The van der Waals surface area contributed by atoms with Crippen LogP contribution in [-0.4, -0.2) is 32.2 Å². The van der Waals surface area contributed by atoms with Crippen LogP contribution in [0.2, 0.25) is 0 Å². The molecule has 0 atom stereocenters. The van der Waals surface area contributed by atoms with Crippen LogP contribution in [0, 0.1) is 0 Å². The van der Waals surface area contributed by atoms with Gasteiger partial charge < -0.3 is 22.4 Å². The van der Waals surface area contributed by atoms with Crippen LogP contribution in [0.1, 0.15) is 10.4 Å². The first-order chi connectivity index (χ1) is 7.40. The van der Waals surface area contributed by atoms with E-state index in [4.69, 9.17) is 0 Å². The van der Waals surface area contributed by atoms with Crippen LogP contribution in [0.25, 0.3) is 0 Å². The summed E-state index contributed by atoms with van der Waals surface area (Å²) < 4.78 is 46.2. The summed E-state index contributed by atoms with van der Waals surface area (Å²) in [6.07, 6.45) is 0.616. The fourth-order valence-electron chi connectivity index (χ4n) is 1.07. The van der Waals surface area contributed by atoms with Crippen LogP contribution in [-0.2, 0) is 4.74 Å². The number of aromatic nitrogens is 1. The predicted molar refractivity (Wildman–Crippen MR) is 50.8 cm³/mol. The molecule has 1 aromatic heterocycles. The van der Waals surface area contributed by atoms with Gasteiger partial charge in [-0.3, -0.25) is 0 Å². The molecule has 0 aliphatic rings. The molecule has 0 N–H and O–H groups in total. The first-order valence-electron chi connectivity index (χ1n) is 4.22. The monoisotopic (exact) mass is 273 g/mol. The maximum absolute atomic E-state index is 12.4. The number of esters is 1. The van der Waals surface area contributed by atoms with Crippen molar-refractivity contribution >= 4 is 18.4 Å². The summed E-state index contributed by atoms with van der Waals surface area (Å²) in [6, 6.07) is 0.664. The standard InChI is InChI=1S/C8H8BF3NO3.K/c1-15-7-6(8(14)16-2)3-5(4-13-7)9(10,11)12;/h3-4H,1-2H3;/q-1;+1. The van der Waals surface area contributed by atoms with E-state index in [-0.39, 0.29) is 62.8 Å². The van der Waals surface area contributed by atoms with Gasteiger partial charge >= 0.3 is 64.3 Å². The summed E-state index contributed by atoms with van der Waals surface area (Å²) >= 11 is 0. The van der Waals surface area contributed by atoms with E-state index < -0.39 is 18.4 Å². The summed E-state index contributed by atoms with van der Waals surface area (Å²) in [5.41, 5.74) is -1.32. The average molecular weight is 273 g/mol. The third-order valence-electron chi connectivity index (χ3n) is 1.85. The molecule has 17 heavy (non-hydrogen) atoms. The van der Waals surface area contributed by atoms with Gasteiger partial charge in [0.15, 0.2) is 0 Å². The minimum Gasteiger partial charge on any atom is -0.480 e. The molecule has 4 nitrogen and oxygen atoms in total. The van der Waals surface area contributed by atoms with E-state index in [2.05, 4.69) is 14.5 Å². The van der Waals surface area contributed by atoms with Crippen molar-refractivity contribution in [2.75, 3.05) is 14.2 Å². The Morgan fingerprint density at radius 3 is 2.35 bits per heavy atom. The van der Waals surface area contributed by atoms with Crippen LogP contribution in [0.5, 0.6) is 5.88 Å². The van der Waals surface area contributed by atoms with E-state index in [1.165, 1.54) is 7.11 Å². The maximum Gasteiger partial charge on any atom is 1.00 e. The molecule has 0 aliphatic carbocycles. The van der Waals surface area contributed by atoms with Crippen LogP contribution in [0.15, 0.2) is 12.3 Å². The fourth-order valence-corrected chi connectivity index (χ4v) is 1.07. The van der Waals surface area contributed by atoms with Crippen molar-refractivity contribution in [3.05, 3.63) is 17.8 Å². The largest absolute Gasteiger partial charge is 1.00 e. The number of carbonyl (C=O) groups is 1. The van der Waals surface area contributed by atoms with Gasteiger partial charge in [-0.2, -0.15) is 0 Å². The summed E-state index contributed by atoms with van der Waals surface area (Å²) in [6.45, 7) is -5.21. The van der Waals surface area contributed by atoms with E-state index in [1.807, 2.05) is 0 Å². The zero-order valence-electron chi connectivity index (χ0n) is 9.54. The second kappa shape index (κ2) is 6.74. The Balaban J connectivity index is 0.00000256. The maximum atomic E-state index is 12.4. The molecule has 0 radical (unpaired) electrons. The molecular formula is C8H8BF3KNO3. The Morgan fingerprint density at radius 1 is 1.35 bits per heavy atom. The SMILES string of the molecule is COC(=O)c1cc([B-](F)(F)F)cnc1OC.[K+]. The first-order valence-corrected chi connectivity index (χ1v) is 4.22. The van der Waals surface area contributed by atoms with Gasteiger partial charge in [0.25, 0.3) is 0 Å². The quantitative estimate of drug-likeness (QED) is 0.469. The molecule has 88 valence electrons. The van der Waals surface area contributed by atoms with Crippen molar-refractivity contribution < 1.29 is 78.6 Å². The molecule has 0 bridgehead atoms. The third-order valence-corrected chi connectivity index (χ3v) is 1.85. The number of methoxy groups -OCH3 is 2. The summed E-state index contributed by atoms with van der Waals surface area (Å²) in [5.74, 6) is -1.12. The second-order valence-corrected chi connectivity index (χ2v) is 2.89. The Hall–Kier alpha value is -0.0887. The normalized spacial score (nSPS) is 10.4. The molecule has 0 fully saturated rings. The summed E-state index contributed by atoms with van der Waals surface area (Å²) in [7, 11) is 2.26. The number of carbonyl (C=O) groups excluding carboxylic acids is 1. The molecular weight excluding hydrogens is 265 g/mol. The van der Waals surface area contributed by atoms with Crippen LogP contribution in [0.4, 0.5) is 12.9 Å². The fraction of sp³-hybridized carbons (Fsp3) is 0.250. The summed E-state index contributed by atoms with van der Waals surface area (Å²) in [5, 5.41) is 0. The van der Waals surface area contributed by atoms with Crippen molar-refractivity contribution in [2.45, 2.75) is 0 Å². The van der Waals surface area contributed by atoms with Crippen molar-refractivity contribution in [3.63, 3.8) is 0 Å². The van der Waals surface area contributed by atoms with Gasteiger partial charge in [0.1, 0.15) is 5.56 Å². The Labute approximate surface area is 138 Å². The van der Waals surface area contributed by atoms with E-state index in [1.54, 1.807) is 0 Å². The van der Waals surface area contributed by atoms with Gasteiger partial charge in [-0.1, -0.05) is 11.5 Å². The number of hydrogen-bond acceptors (Lipinski definition) is 4. The number of ether oxygens (including phenoxy) is 2.